The van der Waals surface area contributed by atoms with Gasteiger partial charge in [0, 0.05) is 0 Å². The predicted molar refractivity (Wildman–Crippen MR) is 72.6 cm³/mol. The molecule has 0 bridgehead atoms. The number of aliphatic hydroxyl groups excluding tert-OH is 1. The van der Waals surface area contributed by atoms with E-state index < -0.39 is 40.1 Å². The first kappa shape index (κ1) is 17.4. The highest BCUT2D eigenvalue weighted by molar-refractivity contribution is 5.91. The summed E-state index contributed by atoms with van der Waals surface area (Å²) in [5, 5.41) is 23.8. The average Bonchev–Trinajstić information content (AvgIpc) is 2.98. The van der Waals surface area contributed by atoms with Crippen LogP contribution in [0.3, 0.4) is 0 Å². The molecule has 0 saturated heterocycles. The molecular weight excluding hydrogens is 335 g/mol. The normalized spacial score (nSPS) is 12.7. The number of aliphatic hydroxyl groups is 1. The van der Waals surface area contributed by atoms with Crippen molar-refractivity contribution >= 4 is 11.7 Å². The van der Waals surface area contributed by atoms with Crippen molar-refractivity contribution in [2.45, 2.75) is 12.3 Å². The number of nitrogens with zero attached hydrogens (tertiary/aromatic N) is 3. The van der Waals surface area contributed by atoms with Gasteiger partial charge in [-0.15, -0.1) is 0 Å². The third-order valence-electron chi connectivity index (χ3n) is 3.05. The number of esters is 1. The molecule has 1 aromatic heterocycles. The van der Waals surface area contributed by atoms with Crippen molar-refractivity contribution in [3.8, 4) is 5.69 Å². The van der Waals surface area contributed by atoms with Crippen molar-refractivity contribution < 1.29 is 32.7 Å². The molecule has 0 saturated carbocycles. The van der Waals surface area contributed by atoms with E-state index >= 15 is 0 Å². The van der Waals surface area contributed by atoms with Crippen LogP contribution < -0.4 is 0 Å². The van der Waals surface area contributed by atoms with Crippen LogP contribution in [0.4, 0.5) is 18.9 Å². The van der Waals surface area contributed by atoms with Gasteiger partial charge in [-0.25, -0.2) is 9.48 Å². The molecule has 0 amide bonds. The van der Waals surface area contributed by atoms with Crippen molar-refractivity contribution in [1.29, 1.82) is 0 Å². The van der Waals surface area contributed by atoms with E-state index in [4.69, 9.17) is 5.11 Å². The number of nitro groups is 1. The van der Waals surface area contributed by atoms with Crippen LogP contribution in [0.5, 0.6) is 0 Å². The van der Waals surface area contributed by atoms with Gasteiger partial charge in [0.1, 0.15) is 6.20 Å². The summed E-state index contributed by atoms with van der Waals surface area (Å²) in [6, 6.07) is 4.34. The molecule has 0 aliphatic rings. The quantitative estimate of drug-likeness (QED) is 0.517. The largest absolute Gasteiger partial charge is 0.464 e. The fourth-order valence-corrected chi connectivity index (χ4v) is 1.87. The van der Waals surface area contributed by atoms with Crippen LogP contribution >= 0.6 is 0 Å². The van der Waals surface area contributed by atoms with Gasteiger partial charge >= 0.3 is 17.8 Å². The maximum absolute atomic E-state index is 12.4. The van der Waals surface area contributed by atoms with Gasteiger partial charge in [-0.05, 0) is 17.7 Å². The van der Waals surface area contributed by atoms with Gasteiger partial charge in [0.2, 0.25) is 5.69 Å². The Bertz CT molecular complexity index is 770. The van der Waals surface area contributed by atoms with Gasteiger partial charge in [0.15, 0.2) is 6.10 Å². The van der Waals surface area contributed by atoms with Crippen LogP contribution in [-0.4, -0.2) is 39.1 Å². The summed E-state index contributed by atoms with van der Waals surface area (Å²) in [6.45, 7) is 0. The zero-order chi connectivity index (χ0) is 18.1. The molecule has 1 N–H and O–H groups in total. The Kier molecular flexibility index (Phi) is 4.55. The van der Waals surface area contributed by atoms with E-state index in [1.54, 1.807) is 0 Å². The minimum absolute atomic E-state index is 0.159. The Hall–Kier alpha value is -2.95. The molecule has 0 fully saturated rings. The Morgan fingerprint density at radius 1 is 1.38 bits per heavy atom. The molecule has 128 valence electrons. The number of aromatic nitrogens is 2. The Morgan fingerprint density at radius 2 is 1.96 bits per heavy atom. The van der Waals surface area contributed by atoms with Crippen molar-refractivity contribution in [3.63, 3.8) is 0 Å². The monoisotopic (exact) mass is 345 g/mol. The smallest absolute Gasteiger partial charge is 0.418 e. The van der Waals surface area contributed by atoms with E-state index in [1.807, 2.05) is 0 Å². The van der Waals surface area contributed by atoms with E-state index in [1.165, 1.54) is 12.1 Å². The Morgan fingerprint density at radius 3 is 2.42 bits per heavy atom. The lowest BCUT2D eigenvalue weighted by Gasteiger charge is -2.14. The fraction of sp³-hybridized carbons (Fsp3) is 0.231. The number of ether oxygens (including phenoxy) is 1. The Balaban J connectivity index is 2.39. The number of alkyl halides is 3. The number of benzene rings is 1. The molecule has 2 rings (SSSR count). The summed E-state index contributed by atoms with van der Waals surface area (Å²) >= 11 is 0. The second-order valence-corrected chi connectivity index (χ2v) is 4.59. The summed E-state index contributed by atoms with van der Waals surface area (Å²) in [5.74, 6) is -1.02. The van der Waals surface area contributed by atoms with Gasteiger partial charge in [-0.2, -0.15) is 18.3 Å². The molecule has 24 heavy (non-hydrogen) atoms. The zero-order valence-corrected chi connectivity index (χ0v) is 12.0. The molecule has 8 nitrogen and oxygen atoms in total. The van der Waals surface area contributed by atoms with Crippen LogP contribution in [0.2, 0.25) is 0 Å². The highest BCUT2D eigenvalue weighted by Gasteiger charge is 2.39. The third kappa shape index (κ3) is 3.35. The number of methoxy groups -OCH3 is 1. The molecule has 1 heterocycles. The van der Waals surface area contributed by atoms with Gasteiger partial charge < -0.3 is 9.84 Å². The minimum atomic E-state index is -4.82. The van der Waals surface area contributed by atoms with E-state index in [9.17, 15) is 28.1 Å². The average molecular weight is 345 g/mol. The topological polar surface area (TPSA) is 107 Å². The molecule has 0 radical (unpaired) electrons. The van der Waals surface area contributed by atoms with Gasteiger partial charge in [-0.1, -0.05) is 12.1 Å². The maximum atomic E-state index is 12.4. The lowest BCUT2D eigenvalue weighted by molar-refractivity contribution is -0.385. The molecule has 2 aromatic rings. The summed E-state index contributed by atoms with van der Waals surface area (Å²) in [4.78, 5) is 21.6. The second-order valence-electron chi connectivity index (χ2n) is 4.59. The first-order chi connectivity index (χ1) is 11.1. The van der Waals surface area contributed by atoms with Gasteiger partial charge in [0.05, 0.1) is 17.7 Å². The first-order valence-corrected chi connectivity index (χ1v) is 6.32. The summed E-state index contributed by atoms with van der Waals surface area (Å²) in [5.41, 5.74) is -1.39. The molecule has 1 aromatic carbocycles. The van der Waals surface area contributed by atoms with Crippen molar-refractivity contribution in [1.82, 2.24) is 9.78 Å². The number of hydrogen-bond acceptors (Lipinski definition) is 6. The molecular formula is C13H10F3N3O5. The third-order valence-corrected chi connectivity index (χ3v) is 3.05. The number of rotatable bonds is 4. The molecule has 0 spiro atoms. The molecule has 11 heteroatoms. The molecule has 1 atom stereocenters. The summed E-state index contributed by atoms with van der Waals surface area (Å²) < 4.78 is 42.7. The Labute approximate surface area is 132 Å². The van der Waals surface area contributed by atoms with Crippen molar-refractivity contribution in [3.05, 3.63) is 51.8 Å². The SMILES string of the molecule is COC(=O)c1nn(-c2ccc(C(O)C(F)(F)F)cc2)cc1[N+](=O)[O-]. The van der Waals surface area contributed by atoms with Crippen molar-refractivity contribution in [2.75, 3.05) is 7.11 Å². The van der Waals surface area contributed by atoms with Crippen LogP contribution in [0.15, 0.2) is 30.5 Å². The number of halogens is 3. The van der Waals surface area contributed by atoms with E-state index in [0.717, 1.165) is 30.1 Å². The van der Waals surface area contributed by atoms with E-state index in [2.05, 4.69) is 9.84 Å². The van der Waals surface area contributed by atoms with E-state index in [0.29, 0.717) is 0 Å². The van der Waals surface area contributed by atoms with Gasteiger partial charge in [-0.3, -0.25) is 10.1 Å². The lowest BCUT2D eigenvalue weighted by atomic mass is 10.1. The maximum Gasteiger partial charge on any atom is 0.418 e. The summed E-state index contributed by atoms with van der Waals surface area (Å²) in [6.07, 6.45) is -6.53. The predicted octanol–water partition coefficient (Wildman–Crippen LogP) is 2.16. The van der Waals surface area contributed by atoms with Crippen molar-refractivity contribution in [2.24, 2.45) is 0 Å². The number of hydrogen-bond donors (Lipinski definition) is 1. The first-order valence-electron chi connectivity index (χ1n) is 6.32. The van der Waals surface area contributed by atoms with E-state index in [-0.39, 0.29) is 5.69 Å². The zero-order valence-electron chi connectivity index (χ0n) is 12.0. The summed E-state index contributed by atoms with van der Waals surface area (Å²) in [7, 11) is 1.03. The van der Waals surface area contributed by atoms with Crippen LogP contribution in [0.1, 0.15) is 22.2 Å². The molecule has 0 aliphatic heterocycles. The highest BCUT2D eigenvalue weighted by Crippen LogP contribution is 2.32. The molecule has 0 aliphatic carbocycles. The second kappa shape index (κ2) is 6.28. The van der Waals surface area contributed by atoms with Gasteiger partial charge in [0.25, 0.3) is 0 Å². The highest BCUT2D eigenvalue weighted by atomic mass is 19.4. The lowest BCUT2D eigenvalue weighted by Crippen LogP contribution is -2.20. The minimum Gasteiger partial charge on any atom is -0.464 e. The standard InChI is InChI=1S/C13H10F3N3O5/c1-24-12(21)10-9(19(22)23)6-18(17-10)8-4-2-7(3-5-8)11(20)13(14,15)16/h2-6,11,20H,1H3. The molecule has 1 unspecified atom stereocenters. The van der Waals surface area contributed by atoms with Crippen LogP contribution in [0.25, 0.3) is 5.69 Å². The fourth-order valence-electron chi connectivity index (χ4n) is 1.87. The number of carbonyl (C=O) groups is 1. The van der Waals surface area contributed by atoms with Crippen LogP contribution in [-0.2, 0) is 4.74 Å². The van der Waals surface area contributed by atoms with Crippen LogP contribution in [0, 0.1) is 10.1 Å². The number of carbonyl (C=O) groups excluding carboxylic acids is 1.